The number of hydrogen-bond donors (Lipinski definition) is 0. The van der Waals surface area contributed by atoms with Gasteiger partial charge in [-0.3, -0.25) is 0 Å². The standard InChI is InChI=1S/C16H25NO3.ClH/c1-4-5-6-12-19-15-9-7-14(8-10-15)16(18)20-13-11-17(2)3;/h7-10H,4-6,11-13H2,1-3H3;1H. The van der Waals surface area contributed by atoms with Gasteiger partial charge in [-0.2, -0.15) is 0 Å². The van der Waals surface area contributed by atoms with Gasteiger partial charge in [0.25, 0.3) is 0 Å². The molecule has 0 aliphatic rings. The van der Waals surface area contributed by atoms with Crippen molar-refractivity contribution in [2.45, 2.75) is 26.2 Å². The Morgan fingerprint density at radius 3 is 2.33 bits per heavy atom. The largest absolute Gasteiger partial charge is 0.494 e. The predicted octanol–water partition coefficient (Wildman–Crippen LogP) is 3.40. The van der Waals surface area contributed by atoms with Crippen LogP contribution >= 0.6 is 12.4 Å². The monoisotopic (exact) mass is 315 g/mol. The van der Waals surface area contributed by atoms with E-state index in [1.54, 1.807) is 12.1 Å². The average Bonchev–Trinajstić information content (AvgIpc) is 2.44. The molecule has 120 valence electrons. The highest BCUT2D eigenvalue weighted by molar-refractivity contribution is 5.89. The van der Waals surface area contributed by atoms with Crippen LogP contribution in [0.5, 0.6) is 5.75 Å². The van der Waals surface area contributed by atoms with Crippen LogP contribution in [0.2, 0.25) is 0 Å². The maximum Gasteiger partial charge on any atom is 0.338 e. The number of esters is 1. The van der Waals surface area contributed by atoms with Gasteiger partial charge in [0.15, 0.2) is 0 Å². The first-order chi connectivity index (χ1) is 9.63. The molecule has 0 radical (unpaired) electrons. The summed E-state index contributed by atoms with van der Waals surface area (Å²) < 4.78 is 10.8. The molecule has 21 heavy (non-hydrogen) atoms. The molecule has 0 N–H and O–H groups in total. The van der Waals surface area contributed by atoms with Crippen LogP contribution in [-0.4, -0.2) is 44.7 Å². The number of hydrogen-bond acceptors (Lipinski definition) is 4. The van der Waals surface area contributed by atoms with E-state index in [9.17, 15) is 4.79 Å². The van der Waals surface area contributed by atoms with Crippen LogP contribution in [0.3, 0.4) is 0 Å². The third kappa shape index (κ3) is 8.58. The normalized spacial score (nSPS) is 10.1. The minimum absolute atomic E-state index is 0. The smallest absolute Gasteiger partial charge is 0.338 e. The molecule has 0 fully saturated rings. The van der Waals surface area contributed by atoms with Gasteiger partial charge in [0.05, 0.1) is 12.2 Å². The zero-order chi connectivity index (χ0) is 14.8. The van der Waals surface area contributed by atoms with Gasteiger partial charge in [-0.05, 0) is 44.8 Å². The number of halogens is 1. The van der Waals surface area contributed by atoms with Crippen molar-refractivity contribution in [2.75, 3.05) is 33.9 Å². The second-order valence-electron chi connectivity index (χ2n) is 5.02. The summed E-state index contributed by atoms with van der Waals surface area (Å²) in [6.45, 7) is 4.02. The van der Waals surface area contributed by atoms with E-state index in [2.05, 4.69) is 6.92 Å². The quantitative estimate of drug-likeness (QED) is 0.517. The summed E-state index contributed by atoms with van der Waals surface area (Å²) in [7, 11) is 3.89. The van der Waals surface area contributed by atoms with Gasteiger partial charge in [-0.25, -0.2) is 4.79 Å². The molecule has 0 bridgehead atoms. The summed E-state index contributed by atoms with van der Waals surface area (Å²) in [6, 6.07) is 7.11. The molecule has 0 aliphatic carbocycles. The second kappa shape index (κ2) is 11.4. The lowest BCUT2D eigenvalue weighted by Gasteiger charge is -2.10. The minimum Gasteiger partial charge on any atom is -0.494 e. The van der Waals surface area contributed by atoms with Crippen molar-refractivity contribution in [3.05, 3.63) is 29.8 Å². The SMILES string of the molecule is CCCCCOc1ccc(C(=O)OCCN(C)C)cc1.Cl. The third-order valence-electron chi connectivity index (χ3n) is 2.88. The number of ether oxygens (including phenoxy) is 2. The van der Waals surface area contributed by atoms with Crippen molar-refractivity contribution < 1.29 is 14.3 Å². The minimum atomic E-state index is -0.288. The Balaban J connectivity index is 0.00000400. The number of rotatable bonds is 9. The Bertz CT molecular complexity index is 393. The fourth-order valence-corrected chi connectivity index (χ4v) is 1.63. The predicted molar refractivity (Wildman–Crippen MR) is 87.5 cm³/mol. The Morgan fingerprint density at radius 1 is 1.10 bits per heavy atom. The van der Waals surface area contributed by atoms with Crippen LogP contribution < -0.4 is 4.74 Å². The van der Waals surface area contributed by atoms with E-state index in [0.717, 1.165) is 25.3 Å². The number of unbranched alkanes of at least 4 members (excludes halogenated alkanes) is 2. The summed E-state index contributed by atoms with van der Waals surface area (Å²) in [4.78, 5) is 13.7. The Hall–Kier alpha value is -1.26. The lowest BCUT2D eigenvalue weighted by molar-refractivity contribution is 0.0482. The maximum absolute atomic E-state index is 11.8. The van der Waals surface area contributed by atoms with Gasteiger partial charge in [-0.1, -0.05) is 19.8 Å². The number of carbonyl (C=O) groups is 1. The first kappa shape index (κ1) is 19.7. The van der Waals surface area contributed by atoms with E-state index in [1.807, 2.05) is 31.1 Å². The van der Waals surface area contributed by atoms with Crippen molar-refractivity contribution in [3.63, 3.8) is 0 Å². The first-order valence-electron chi connectivity index (χ1n) is 7.18. The second-order valence-corrected chi connectivity index (χ2v) is 5.02. The molecule has 1 aromatic carbocycles. The van der Waals surface area contributed by atoms with Crippen molar-refractivity contribution in [3.8, 4) is 5.75 Å². The van der Waals surface area contributed by atoms with Gasteiger partial charge < -0.3 is 14.4 Å². The Kier molecular flexibility index (Phi) is 10.7. The van der Waals surface area contributed by atoms with Gasteiger partial charge in [0, 0.05) is 6.54 Å². The number of likely N-dealkylation sites (N-methyl/N-ethyl adjacent to an activating group) is 1. The van der Waals surface area contributed by atoms with Crippen LogP contribution in [-0.2, 0) is 4.74 Å². The molecule has 0 heterocycles. The van der Waals surface area contributed by atoms with Gasteiger partial charge in [0.1, 0.15) is 12.4 Å². The topological polar surface area (TPSA) is 38.8 Å². The molecule has 1 aromatic rings. The Morgan fingerprint density at radius 2 is 1.76 bits per heavy atom. The maximum atomic E-state index is 11.8. The highest BCUT2D eigenvalue weighted by Crippen LogP contribution is 2.13. The Labute approximate surface area is 133 Å². The van der Waals surface area contributed by atoms with Crippen molar-refractivity contribution in [2.24, 2.45) is 0 Å². The van der Waals surface area contributed by atoms with E-state index in [1.165, 1.54) is 12.8 Å². The van der Waals surface area contributed by atoms with Crippen molar-refractivity contribution in [1.29, 1.82) is 0 Å². The van der Waals surface area contributed by atoms with E-state index in [0.29, 0.717) is 12.2 Å². The van der Waals surface area contributed by atoms with Gasteiger partial charge in [-0.15, -0.1) is 12.4 Å². The van der Waals surface area contributed by atoms with E-state index in [4.69, 9.17) is 9.47 Å². The summed E-state index contributed by atoms with van der Waals surface area (Å²) in [5, 5.41) is 0. The lowest BCUT2D eigenvalue weighted by atomic mass is 10.2. The first-order valence-corrected chi connectivity index (χ1v) is 7.18. The van der Waals surface area contributed by atoms with E-state index in [-0.39, 0.29) is 18.4 Å². The molecule has 0 aliphatic heterocycles. The molecule has 0 saturated carbocycles. The zero-order valence-electron chi connectivity index (χ0n) is 13.1. The average molecular weight is 316 g/mol. The molecular weight excluding hydrogens is 290 g/mol. The highest BCUT2D eigenvalue weighted by Gasteiger charge is 2.07. The van der Waals surface area contributed by atoms with E-state index < -0.39 is 0 Å². The van der Waals surface area contributed by atoms with E-state index >= 15 is 0 Å². The van der Waals surface area contributed by atoms with Crippen LogP contribution in [0, 0.1) is 0 Å². The molecule has 0 aromatic heterocycles. The molecule has 4 nitrogen and oxygen atoms in total. The molecule has 0 spiro atoms. The number of carbonyl (C=O) groups excluding carboxylic acids is 1. The number of nitrogens with zero attached hydrogens (tertiary/aromatic N) is 1. The molecule has 0 unspecified atom stereocenters. The molecule has 1 rings (SSSR count). The molecule has 0 atom stereocenters. The molecule has 0 amide bonds. The van der Waals surface area contributed by atoms with Gasteiger partial charge in [0.2, 0.25) is 0 Å². The van der Waals surface area contributed by atoms with Crippen LogP contribution in [0.1, 0.15) is 36.5 Å². The number of benzene rings is 1. The summed E-state index contributed by atoms with van der Waals surface area (Å²) in [5.41, 5.74) is 0.560. The fraction of sp³-hybridized carbons (Fsp3) is 0.562. The van der Waals surface area contributed by atoms with Crippen molar-refractivity contribution in [1.82, 2.24) is 4.90 Å². The lowest BCUT2D eigenvalue weighted by Crippen LogP contribution is -2.20. The van der Waals surface area contributed by atoms with Gasteiger partial charge >= 0.3 is 5.97 Å². The fourth-order valence-electron chi connectivity index (χ4n) is 1.63. The highest BCUT2D eigenvalue weighted by atomic mass is 35.5. The molecule has 5 heteroatoms. The third-order valence-corrected chi connectivity index (χ3v) is 2.88. The summed E-state index contributed by atoms with van der Waals surface area (Å²) >= 11 is 0. The van der Waals surface area contributed by atoms with Crippen molar-refractivity contribution >= 4 is 18.4 Å². The summed E-state index contributed by atoms with van der Waals surface area (Å²) in [6.07, 6.45) is 3.42. The zero-order valence-corrected chi connectivity index (χ0v) is 13.9. The molecule has 0 saturated heterocycles. The summed E-state index contributed by atoms with van der Waals surface area (Å²) in [5.74, 6) is 0.510. The molecular formula is C16H26ClNO3. The van der Waals surface area contributed by atoms with Crippen LogP contribution in [0.15, 0.2) is 24.3 Å². The van der Waals surface area contributed by atoms with Crippen LogP contribution in [0.4, 0.5) is 0 Å². The van der Waals surface area contributed by atoms with Crippen LogP contribution in [0.25, 0.3) is 0 Å².